The number of ether oxygens (including phenoxy) is 1. The van der Waals surface area contributed by atoms with E-state index in [-0.39, 0.29) is 10.9 Å². The molecule has 6 heteroatoms. The lowest BCUT2D eigenvalue weighted by atomic mass is 10.2. The Morgan fingerprint density at radius 2 is 2.40 bits per heavy atom. The first kappa shape index (κ1) is 11.3. The molecule has 80 valence electrons. The zero-order chi connectivity index (χ0) is 11.3. The third-order valence-electron chi connectivity index (χ3n) is 1.59. The van der Waals surface area contributed by atoms with E-state index in [4.69, 9.17) is 10.5 Å². The molecule has 0 aliphatic carbocycles. The summed E-state index contributed by atoms with van der Waals surface area (Å²) in [7, 11) is 1.48. The summed E-state index contributed by atoms with van der Waals surface area (Å²) >= 11 is 4.56. The fourth-order valence-corrected chi connectivity index (χ4v) is 1.01. The highest BCUT2D eigenvalue weighted by Crippen LogP contribution is 2.25. The minimum absolute atomic E-state index is 0.0526. The normalized spacial score (nSPS) is 10.2. The maximum absolute atomic E-state index is 9.44. The van der Waals surface area contributed by atoms with E-state index in [1.165, 1.54) is 19.4 Å². The standard InChI is InChI=1S/C9H11N3O2S/c1-14-8-3-2-6(4-7(8)13)5-11-12-9(10)15/h2-5,13H,1H3,(H3,10,12,15)/b11-5-. The molecule has 0 spiro atoms. The third kappa shape index (κ3) is 3.43. The van der Waals surface area contributed by atoms with Crippen LogP contribution in [0.2, 0.25) is 0 Å². The SMILES string of the molecule is COc1ccc(/C=N\NC(N)=S)cc1O. The van der Waals surface area contributed by atoms with Crippen molar-refractivity contribution in [2.75, 3.05) is 7.11 Å². The summed E-state index contributed by atoms with van der Waals surface area (Å²) in [6, 6.07) is 4.89. The van der Waals surface area contributed by atoms with Crippen LogP contribution in [0.25, 0.3) is 0 Å². The summed E-state index contributed by atoms with van der Waals surface area (Å²) in [5.74, 6) is 0.464. The number of nitrogens with two attached hydrogens (primary N) is 1. The Bertz CT molecular complexity index is 393. The van der Waals surface area contributed by atoms with Crippen LogP contribution in [0.4, 0.5) is 0 Å². The van der Waals surface area contributed by atoms with E-state index in [0.717, 1.165) is 0 Å². The molecule has 1 aromatic carbocycles. The van der Waals surface area contributed by atoms with E-state index < -0.39 is 0 Å². The summed E-state index contributed by atoms with van der Waals surface area (Å²) < 4.78 is 4.89. The van der Waals surface area contributed by atoms with Crippen LogP contribution in [-0.4, -0.2) is 23.5 Å². The van der Waals surface area contributed by atoms with E-state index >= 15 is 0 Å². The second-order valence-electron chi connectivity index (χ2n) is 2.67. The number of phenols is 1. The largest absolute Gasteiger partial charge is 0.504 e. The summed E-state index contributed by atoms with van der Waals surface area (Å²) in [5, 5.41) is 13.3. The van der Waals surface area contributed by atoms with E-state index in [2.05, 4.69) is 22.7 Å². The first-order chi connectivity index (χ1) is 7.13. The molecule has 0 atom stereocenters. The Balaban J connectivity index is 2.75. The molecule has 0 fully saturated rings. The molecular formula is C9H11N3O2S. The molecule has 1 rings (SSSR count). The molecular weight excluding hydrogens is 214 g/mol. The average molecular weight is 225 g/mol. The molecule has 0 unspecified atom stereocenters. The zero-order valence-corrected chi connectivity index (χ0v) is 8.91. The molecule has 0 saturated heterocycles. The molecule has 0 saturated carbocycles. The second-order valence-corrected chi connectivity index (χ2v) is 3.11. The highest BCUT2D eigenvalue weighted by Gasteiger charge is 2.00. The first-order valence-corrected chi connectivity index (χ1v) is 4.50. The van der Waals surface area contributed by atoms with Gasteiger partial charge in [0.05, 0.1) is 13.3 Å². The van der Waals surface area contributed by atoms with Crippen molar-refractivity contribution in [3.8, 4) is 11.5 Å². The molecule has 0 radical (unpaired) electrons. The Labute approximate surface area is 92.5 Å². The van der Waals surface area contributed by atoms with Gasteiger partial charge in [0.1, 0.15) is 0 Å². The number of hydrogen-bond donors (Lipinski definition) is 3. The molecule has 0 aliphatic heterocycles. The van der Waals surface area contributed by atoms with Crippen molar-refractivity contribution in [1.29, 1.82) is 0 Å². The van der Waals surface area contributed by atoms with E-state index in [1.807, 2.05) is 0 Å². The van der Waals surface area contributed by atoms with Crippen LogP contribution in [0.15, 0.2) is 23.3 Å². The van der Waals surface area contributed by atoms with Gasteiger partial charge in [-0.1, -0.05) is 0 Å². The van der Waals surface area contributed by atoms with Crippen molar-refractivity contribution in [2.45, 2.75) is 0 Å². The minimum Gasteiger partial charge on any atom is -0.504 e. The lowest BCUT2D eigenvalue weighted by Crippen LogP contribution is -2.23. The number of aromatic hydroxyl groups is 1. The monoisotopic (exact) mass is 225 g/mol. The molecule has 0 amide bonds. The quantitative estimate of drug-likeness (QED) is 0.398. The van der Waals surface area contributed by atoms with Crippen molar-refractivity contribution >= 4 is 23.5 Å². The third-order valence-corrected chi connectivity index (χ3v) is 1.68. The molecule has 0 bridgehead atoms. The Kier molecular flexibility index (Phi) is 3.87. The smallest absolute Gasteiger partial charge is 0.184 e. The lowest BCUT2D eigenvalue weighted by Gasteiger charge is -2.02. The van der Waals surface area contributed by atoms with Crippen LogP contribution in [0, 0.1) is 0 Å². The number of nitrogens with one attached hydrogen (secondary N) is 1. The van der Waals surface area contributed by atoms with E-state index in [0.29, 0.717) is 11.3 Å². The Morgan fingerprint density at radius 1 is 1.67 bits per heavy atom. The summed E-state index contributed by atoms with van der Waals surface area (Å²) in [5.41, 5.74) is 8.28. The number of nitrogens with zero attached hydrogens (tertiary/aromatic N) is 1. The Hall–Kier alpha value is -1.82. The first-order valence-electron chi connectivity index (χ1n) is 4.09. The number of benzene rings is 1. The average Bonchev–Trinajstić information content (AvgIpc) is 2.17. The molecule has 0 aromatic heterocycles. The number of phenolic OH excluding ortho intramolecular Hbond substituents is 1. The molecule has 0 heterocycles. The summed E-state index contributed by atoms with van der Waals surface area (Å²) in [6.45, 7) is 0. The highest BCUT2D eigenvalue weighted by atomic mass is 32.1. The van der Waals surface area contributed by atoms with Gasteiger partial charge < -0.3 is 15.6 Å². The molecule has 1 aromatic rings. The van der Waals surface area contributed by atoms with Gasteiger partial charge in [0.15, 0.2) is 16.6 Å². The van der Waals surface area contributed by atoms with Gasteiger partial charge in [-0.15, -0.1) is 0 Å². The van der Waals surface area contributed by atoms with Crippen LogP contribution in [0.1, 0.15) is 5.56 Å². The van der Waals surface area contributed by atoms with Crippen molar-refractivity contribution < 1.29 is 9.84 Å². The maximum Gasteiger partial charge on any atom is 0.184 e. The van der Waals surface area contributed by atoms with Crippen molar-refractivity contribution in [3.63, 3.8) is 0 Å². The number of thiocarbonyl (C=S) groups is 1. The van der Waals surface area contributed by atoms with Gasteiger partial charge >= 0.3 is 0 Å². The lowest BCUT2D eigenvalue weighted by molar-refractivity contribution is 0.373. The van der Waals surface area contributed by atoms with Crippen LogP contribution in [0.5, 0.6) is 11.5 Å². The predicted octanol–water partition coefficient (Wildman–Crippen LogP) is 0.568. The van der Waals surface area contributed by atoms with Gasteiger partial charge in [-0.05, 0) is 36.0 Å². The van der Waals surface area contributed by atoms with Crippen LogP contribution in [-0.2, 0) is 0 Å². The highest BCUT2D eigenvalue weighted by molar-refractivity contribution is 7.80. The number of rotatable bonds is 3. The van der Waals surface area contributed by atoms with Crippen molar-refractivity contribution in [1.82, 2.24) is 5.43 Å². The van der Waals surface area contributed by atoms with Crippen LogP contribution < -0.4 is 15.9 Å². The van der Waals surface area contributed by atoms with Crippen molar-refractivity contribution in [3.05, 3.63) is 23.8 Å². The molecule has 4 N–H and O–H groups in total. The van der Waals surface area contributed by atoms with Gasteiger partial charge in [0, 0.05) is 0 Å². The van der Waals surface area contributed by atoms with Gasteiger partial charge in [0.25, 0.3) is 0 Å². The zero-order valence-electron chi connectivity index (χ0n) is 8.10. The van der Waals surface area contributed by atoms with E-state index in [1.54, 1.807) is 12.1 Å². The second kappa shape index (κ2) is 5.16. The van der Waals surface area contributed by atoms with Crippen LogP contribution in [0.3, 0.4) is 0 Å². The van der Waals surface area contributed by atoms with E-state index in [9.17, 15) is 5.11 Å². The van der Waals surface area contributed by atoms with Gasteiger partial charge in [-0.2, -0.15) is 5.10 Å². The Morgan fingerprint density at radius 3 is 2.93 bits per heavy atom. The summed E-state index contributed by atoms with van der Waals surface area (Å²) in [4.78, 5) is 0. The predicted molar refractivity (Wildman–Crippen MR) is 62.2 cm³/mol. The number of methoxy groups -OCH3 is 1. The minimum atomic E-state index is 0.0526. The van der Waals surface area contributed by atoms with Gasteiger partial charge in [-0.25, -0.2) is 0 Å². The maximum atomic E-state index is 9.44. The van der Waals surface area contributed by atoms with Gasteiger partial charge in [-0.3, -0.25) is 5.43 Å². The van der Waals surface area contributed by atoms with Crippen molar-refractivity contribution in [2.24, 2.45) is 10.8 Å². The van der Waals surface area contributed by atoms with Gasteiger partial charge in [0.2, 0.25) is 0 Å². The summed E-state index contributed by atoms with van der Waals surface area (Å²) in [6.07, 6.45) is 1.48. The fourth-order valence-electron chi connectivity index (χ4n) is 0.958. The van der Waals surface area contributed by atoms with Crippen LogP contribution >= 0.6 is 12.2 Å². The number of hydrogen-bond acceptors (Lipinski definition) is 4. The molecule has 5 nitrogen and oxygen atoms in total. The molecule has 15 heavy (non-hydrogen) atoms. The topological polar surface area (TPSA) is 79.9 Å². The fraction of sp³-hybridized carbons (Fsp3) is 0.111. The molecule has 0 aliphatic rings. The number of hydrazone groups is 1.